The van der Waals surface area contributed by atoms with Crippen LogP contribution in [0.25, 0.3) is 0 Å². The van der Waals surface area contributed by atoms with Crippen molar-refractivity contribution in [2.24, 2.45) is 0 Å². The molecule has 4 aromatic rings. The van der Waals surface area contributed by atoms with E-state index in [-0.39, 0.29) is 5.91 Å². The second kappa shape index (κ2) is 9.90. The van der Waals surface area contributed by atoms with E-state index in [0.29, 0.717) is 40.3 Å². The number of nitrogens with zero attached hydrogens (tertiary/aromatic N) is 2. The first-order valence-electron chi connectivity index (χ1n) is 10.0. The van der Waals surface area contributed by atoms with Crippen LogP contribution in [0, 0.1) is 6.92 Å². The second-order valence-corrected chi connectivity index (χ2v) is 8.23. The molecule has 1 heterocycles. The molecule has 0 unspecified atom stereocenters. The molecular formula is C25H21Cl2N3O2. The Balaban J connectivity index is 1.41. The van der Waals surface area contributed by atoms with Crippen LogP contribution in [0.1, 0.15) is 27.2 Å². The number of rotatable bonds is 7. The summed E-state index contributed by atoms with van der Waals surface area (Å²) >= 11 is 12.1. The number of hydrogen-bond acceptors (Lipinski definition) is 3. The molecule has 0 radical (unpaired) electrons. The number of nitrogens with one attached hydrogen (secondary N) is 1. The predicted molar refractivity (Wildman–Crippen MR) is 128 cm³/mol. The Morgan fingerprint density at radius 3 is 2.44 bits per heavy atom. The van der Waals surface area contributed by atoms with E-state index in [1.54, 1.807) is 24.3 Å². The van der Waals surface area contributed by atoms with Gasteiger partial charge in [-0.3, -0.25) is 9.48 Å². The number of halogens is 2. The maximum absolute atomic E-state index is 12.8. The van der Waals surface area contributed by atoms with Crippen molar-refractivity contribution in [2.75, 3.05) is 5.32 Å². The van der Waals surface area contributed by atoms with Crippen molar-refractivity contribution in [1.29, 1.82) is 0 Å². The van der Waals surface area contributed by atoms with Crippen molar-refractivity contribution in [3.05, 3.63) is 111 Å². The molecule has 0 aliphatic carbocycles. The molecule has 0 aliphatic heterocycles. The molecule has 0 aliphatic rings. The Morgan fingerprint density at radius 2 is 1.66 bits per heavy atom. The summed E-state index contributed by atoms with van der Waals surface area (Å²) < 4.78 is 7.60. The number of carbonyl (C=O) groups excluding carboxylic acids is 1. The van der Waals surface area contributed by atoms with Crippen LogP contribution < -0.4 is 10.1 Å². The topological polar surface area (TPSA) is 56.1 Å². The smallest absolute Gasteiger partial charge is 0.256 e. The maximum Gasteiger partial charge on any atom is 0.256 e. The van der Waals surface area contributed by atoms with Crippen molar-refractivity contribution >= 4 is 34.9 Å². The summed E-state index contributed by atoms with van der Waals surface area (Å²) in [5.74, 6) is 0.935. The average Bonchev–Trinajstić information content (AvgIpc) is 3.11. The van der Waals surface area contributed by atoms with Crippen LogP contribution in [0.4, 0.5) is 5.82 Å². The third-order valence-electron chi connectivity index (χ3n) is 4.83. The summed E-state index contributed by atoms with van der Waals surface area (Å²) in [5, 5.41) is 8.67. The van der Waals surface area contributed by atoms with Crippen molar-refractivity contribution < 1.29 is 9.53 Å². The molecule has 0 bridgehead atoms. The first-order chi connectivity index (χ1) is 15.5. The molecule has 5 nitrogen and oxygen atoms in total. The van der Waals surface area contributed by atoms with Gasteiger partial charge in [-0.25, -0.2) is 0 Å². The van der Waals surface area contributed by atoms with E-state index in [0.717, 1.165) is 16.8 Å². The van der Waals surface area contributed by atoms with E-state index in [1.165, 1.54) is 0 Å². The lowest BCUT2D eigenvalue weighted by molar-refractivity contribution is 0.102. The van der Waals surface area contributed by atoms with Gasteiger partial charge in [-0.15, -0.1) is 0 Å². The van der Waals surface area contributed by atoms with Crippen LogP contribution in [-0.4, -0.2) is 15.7 Å². The fourth-order valence-corrected chi connectivity index (χ4v) is 3.65. The molecule has 0 saturated heterocycles. The molecule has 162 valence electrons. The molecule has 0 fully saturated rings. The fourth-order valence-electron chi connectivity index (χ4n) is 3.25. The lowest BCUT2D eigenvalue weighted by Crippen LogP contribution is -2.13. The lowest BCUT2D eigenvalue weighted by Gasteiger charge is -2.08. The Bertz CT molecular complexity index is 1250. The average molecular weight is 466 g/mol. The Labute approximate surface area is 196 Å². The van der Waals surface area contributed by atoms with Crippen molar-refractivity contribution in [3.8, 4) is 5.75 Å². The molecule has 0 spiro atoms. The number of anilines is 1. The van der Waals surface area contributed by atoms with Crippen LogP contribution in [0.2, 0.25) is 10.0 Å². The molecule has 0 saturated carbocycles. The number of benzene rings is 3. The number of amides is 1. The quantitative estimate of drug-likeness (QED) is 0.344. The number of aryl methyl sites for hydroxylation is 1. The number of hydrogen-bond donors (Lipinski definition) is 1. The van der Waals surface area contributed by atoms with Crippen LogP contribution in [0.3, 0.4) is 0 Å². The van der Waals surface area contributed by atoms with E-state index in [2.05, 4.69) is 10.4 Å². The monoisotopic (exact) mass is 465 g/mol. The minimum Gasteiger partial charge on any atom is -0.489 e. The van der Waals surface area contributed by atoms with Gasteiger partial charge in [0.15, 0.2) is 5.82 Å². The van der Waals surface area contributed by atoms with Gasteiger partial charge in [-0.1, -0.05) is 53.5 Å². The molecule has 1 amide bonds. The maximum atomic E-state index is 12.8. The van der Waals surface area contributed by atoms with Crippen molar-refractivity contribution in [2.45, 2.75) is 20.1 Å². The zero-order valence-corrected chi connectivity index (χ0v) is 18.9. The highest BCUT2D eigenvalue weighted by atomic mass is 35.5. The second-order valence-electron chi connectivity index (χ2n) is 7.36. The van der Waals surface area contributed by atoms with E-state index >= 15 is 0 Å². The Morgan fingerprint density at radius 1 is 0.938 bits per heavy atom. The summed E-state index contributed by atoms with van der Waals surface area (Å²) in [4.78, 5) is 12.8. The summed E-state index contributed by atoms with van der Waals surface area (Å²) in [6, 6.07) is 24.0. The minimum absolute atomic E-state index is 0.234. The molecule has 1 aromatic heterocycles. The first-order valence-corrected chi connectivity index (χ1v) is 10.8. The highest BCUT2D eigenvalue weighted by Gasteiger charge is 2.11. The van der Waals surface area contributed by atoms with Crippen LogP contribution in [-0.2, 0) is 13.2 Å². The summed E-state index contributed by atoms with van der Waals surface area (Å²) in [6.07, 6.45) is 0. The standard InChI is InChI=1S/C25H21Cl2N3O2/c1-17-11-24(29-30(17)15-18-5-3-8-21(26)13-18)28-25(31)20-7-2-6-19(12-20)16-32-23-10-4-9-22(27)14-23/h2-14H,15-16H2,1H3,(H,28,29,31). The Kier molecular flexibility index (Phi) is 6.78. The SMILES string of the molecule is Cc1cc(NC(=O)c2cccc(COc3cccc(Cl)c3)c2)nn1Cc1cccc(Cl)c1. The minimum atomic E-state index is -0.234. The normalized spacial score (nSPS) is 10.7. The third kappa shape index (κ3) is 5.69. The predicted octanol–water partition coefficient (Wildman–Crippen LogP) is 6.38. The lowest BCUT2D eigenvalue weighted by atomic mass is 10.1. The van der Waals surface area contributed by atoms with E-state index in [4.69, 9.17) is 27.9 Å². The highest BCUT2D eigenvalue weighted by molar-refractivity contribution is 6.30. The highest BCUT2D eigenvalue weighted by Crippen LogP contribution is 2.19. The van der Waals surface area contributed by atoms with Gasteiger partial charge in [-0.05, 0) is 60.5 Å². The van der Waals surface area contributed by atoms with Gasteiger partial charge >= 0.3 is 0 Å². The summed E-state index contributed by atoms with van der Waals surface area (Å²) in [5.41, 5.74) is 3.37. The molecule has 7 heteroatoms. The van der Waals surface area contributed by atoms with Gasteiger partial charge in [0, 0.05) is 27.4 Å². The van der Waals surface area contributed by atoms with Crippen LogP contribution >= 0.6 is 23.2 Å². The van der Waals surface area contributed by atoms with E-state index in [9.17, 15) is 4.79 Å². The van der Waals surface area contributed by atoms with Gasteiger partial charge in [0.2, 0.25) is 0 Å². The van der Waals surface area contributed by atoms with E-state index in [1.807, 2.05) is 66.2 Å². The molecule has 3 aromatic carbocycles. The summed E-state index contributed by atoms with van der Waals surface area (Å²) in [7, 11) is 0. The largest absolute Gasteiger partial charge is 0.489 e. The number of aromatic nitrogens is 2. The van der Waals surface area contributed by atoms with Crippen LogP contribution in [0.5, 0.6) is 5.75 Å². The van der Waals surface area contributed by atoms with Crippen LogP contribution in [0.15, 0.2) is 78.9 Å². The zero-order valence-electron chi connectivity index (χ0n) is 17.4. The van der Waals surface area contributed by atoms with Gasteiger partial charge in [0.25, 0.3) is 5.91 Å². The van der Waals surface area contributed by atoms with Gasteiger partial charge in [0.1, 0.15) is 12.4 Å². The van der Waals surface area contributed by atoms with Gasteiger partial charge in [0.05, 0.1) is 6.54 Å². The molecule has 4 rings (SSSR count). The van der Waals surface area contributed by atoms with E-state index < -0.39 is 0 Å². The van der Waals surface area contributed by atoms with Crippen molar-refractivity contribution in [3.63, 3.8) is 0 Å². The van der Waals surface area contributed by atoms with Gasteiger partial charge < -0.3 is 10.1 Å². The van der Waals surface area contributed by atoms with Gasteiger partial charge in [-0.2, -0.15) is 5.10 Å². The van der Waals surface area contributed by atoms with Crippen molar-refractivity contribution in [1.82, 2.24) is 9.78 Å². The number of carbonyl (C=O) groups is 1. The molecule has 1 N–H and O–H groups in total. The summed E-state index contributed by atoms with van der Waals surface area (Å²) in [6.45, 7) is 2.84. The third-order valence-corrected chi connectivity index (χ3v) is 5.31. The number of ether oxygens (including phenoxy) is 1. The molecule has 0 atom stereocenters. The first kappa shape index (κ1) is 21.9. The fraction of sp³-hybridized carbons (Fsp3) is 0.120. The Hall–Kier alpha value is -3.28. The zero-order chi connectivity index (χ0) is 22.5. The molecular weight excluding hydrogens is 445 g/mol. The molecule has 32 heavy (non-hydrogen) atoms.